The molecule has 0 radical (unpaired) electrons. The highest BCUT2D eigenvalue weighted by molar-refractivity contribution is 6.46. The van der Waals surface area contributed by atoms with Crippen molar-refractivity contribution in [2.24, 2.45) is 0 Å². The lowest BCUT2D eigenvalue weighted by molar-refractivity contribution is -0.140. The molecule has 2 aliphatic rings. The average molecular weight is 517 g/mol. The van der Waals surface area contributed by atoms with Crippen LogP contribution in [0.1, 0.15) is 29.3 Å². The van der Waals surface area contributed by atoms with E-state index < -0.39 is 17.7 Å². The first-order valence-corrected chi connectivity index (χ1v) is 12.8. The van der Waals surface area contributed by atoms with Crippen LogP contribution in [0.4, 0.5) is 0 Å². The number of aliphatic hydroxyl groups excluding tert-OH is 1. The summed E-state index contributed by atoms with van der Waals surface area (Å²) in [5, 5.41) is 16.0. The molecule has 0 spiro atoms. The van der Waals surface area contributed by atoms with Gasteiger partial charge in [0.25, 0.3) is 11.7 Å². The molecule has 2 aliphatic heterocycles. The minimum absolute atomic E-state index is 0.0715. The van der Waals surface area contributed by atoms with Crippen LogP contribution in [-0.4, -0.2) is 82.9 Å². The van der Waals surface area contributed by atoms with Gasteiger partial charge in [0.2, 0.25) is 0 Å². The number of Topliss-reactive ketones (excluding diaryl/α,β-unsaturated/α-hetero) is 1. The second-order valence-corrected chi connectivity index (χ2v) is 9.46. The van der Waals surface area contributed by atoms with Gasteiger partial charge in [-0.3, -0.25) is 14.5 Å². The maximum atomic E-state index is 13.4. The molecule has 1 N–H and O–H groups in total. The molecular formula is C29H32N4O5. The van der Waals surface area contributed by atoms with E-state index in [-0.39, 0.29) is 11.3 Å². The van der Waals surface area contributed by atoms with Crippen LogP contribution in [-0.2, 0) is 14.3 Å². The zero-order valence-corrected chi connectivity index (χ0v) is 21.7. The van der Waals surface area contributed by atoms with Gasteiger partial charge in [-0.05, 0) is 43.2 Å². The number of ether oxygens (including phenoxy) is 2. The van der Waals surface area contributed by atoms with E-state index in [0.29, 0.717) is 43.2 Å². The zero-order valence-electron chi connectivity index (χ0n) is 21.7. The van der Waals surface area contributed by atoms with Crippen molar-refractivity contribution in [1.82, 2.24) is 19.6 Å². The molecular weight excluding hydrogens is 484 g/mol. The van der Waals surface area contributed by atoms with Gasteiger partial charge in [-0.15, -0.1) is 0 Å². The van der Waals surface area contributed by atoms with Gasteiger partial charge in [0.15, 0.2) is 0 Å². The Balaban J connectivity index is 1.51. The van der Waals surface area contributed by atoms with Crippen LogP contribution in [0, 0.1) is 6.92 Å². The van der Waals surface area contributed by atoms with Crippen molar-refractivity contribution in [3.05, 3.63) is 83.2 Å². The van der Waals surface area contributed by atoms with Gasteiger partial charge in [-0.1, -0.05) is 30.3 Å². The molecule has 198 valence electrons. The van der Waals surface area contributed by atoms with Gasteiger partial charge >= 0.3 is 0 Å². The number of morpholine rings is 1. The Morgan fingerprint density at radius 2 is 1.76 bits per heavy atom. The fraction of sp³-hybridized carbons (Fsp3) is 0.345. The van der Waals surface area contributed by atoms with E-state index in [0.717, 1.165) is 30.9 Å². The standard InChI is InChI=1S/C29H32N4O5/c1-20-24(19-30-33(20)22-7-4-3-5-8-22)27(34)25-26(21-9-11-23(37-2)12-10-21)32(29(36)28(25)35)14-6-13-31-15-17-38-18-16-31/h3-5,7-12,19,26,34H,6,13-18H2,1-2H3/b27-25+/t26-/m1/s1. The Labute approximate surface area is 221 Å². The van der Waals surface area contributed by atoms with Gasteiger partial charge in [0, 0.05) is 26.2 Å². The number of methoxy groups -OCH3 is 1. The second-order valence-electron chi connectivity index (χ2n) is 9.46. The van der Waals surface area contributed by atoms with E-state index in [2.05, 4.69) is 10.00 Å². The maximum Gasteiger partial charge on any atom is 0.295 e. The summed E-state index contributed by atoms with van der Waals surface area (Å²) in [5.74, 6) is -0.860. The molecule has 0 aliphatic carbocycles. The third-order valence-electron chi connectivity index (χ3n) is 7.21. The molecule has 0 bridgehead atoms. The van der Waals surface area contributed by atoms with E-state index >= 15 is 0 Å². The van der Waals surface area contributed by atoms with Crippen LogP contribution in [0.25, 0.3) is 11.4 Å². The van der Waals surface area contributed by atoms with E-state index in [9.17, 15) is 14.7 Å². The number of aromatic nitrogens is 2. The summed E-state index contributed by atoms with van der Waals surface area (Å²) in [7, 11) is 1.58. The minimum atomic E-state index is -0.718. The Kier molecular flexibility index (Phi) is 7.57. The van der Waals surface area contributed by atoms with Gasteiger partial charge in [0.05, 0.1) is 55.1 Å². The summed E-state index contributed by atoms with van der Waals surface area (Å²) in [6.07, 6.45) is 2.24. The fourth-order valence-corrected chi connectivity index (χ4v) is 5.15. The first kappa shape index (κ1) is 25.7. The normalized spacial score (nSPS) is 19.7. The van der Waals surface area contributed by atoms with E-state index in [1.165, 1.54) is 6.20 Å². The number of carbonyl (C=O) groups excluding carboxylic acids is 2. The van der Waals surface area contributed by atoms with Crippen molar-refractivity contribution in [3.8, 4) is 11.4 Å². The molecule has 2 saturated heterocycles. The molecule has 9 nitrogen and oxygen atoms in total. The lowest BCUT2D eigenvalue weighted by Crippen LogP contribution is -2.38. The van der Waals surface area contributed by atoms with Gasteiger partial charge in [0.1, 0.15) is 11.5 Å². The number of carbonyl (C=O) groups is 2. The number of hydrogen-bond donors (Lipinski definition) is 1. The van der Waals surface area contributed by atoms with Gasteiger partial charge in [-0.25, -0.2) is 4.68 Å². The first-order valence-electron chi connectivity index (χ1n) is 12.8. The Hall–Kier alpha value is -3.95. The quantitative estimate of drug-likeness (QED) is 0.279. The SMILES string of the molecule is COc1ccc([C@@H]2/C(=C(\O)c3cnn(-c4ccccc4)c3C)C(=O)C(=O)N2CCCN2CCOCC2)cc1. The van der Waals surface area contributed by atoms with Crippen molar-refractivity contribution in [2.45, 2.75) is 19.4 Å². The number of nitrogens with zero attached hydrogens (tertiary/aromatic N) is 4. The zero-order chi connectivity index (χ0) is 26.6. The van der Waals surface area contributed by atoms with Crippen molar-refractivity contribution >= 4 is 17.4 Å². The number of amides is 1. The van der Waals surface area contributed by atoms with Gasteiger partial charge in [-0.2, -0.15) is 5.10 Å². The topological polar surface area (TPSA) is 97.1 Å². The summed E-state index contributed by atoms with van der Waals surface area (Å²) >= 11 is 0. The summed E-state index contributed by atoms with van der Waals surface area (Å²) < 4.78 is 12.4. The lowest BCUT2D eigenvalue weighted by atomic mass is 9.95. The number of ketones is 1. The molecule has 2 aromatic carbocycles. The maximum absolute atomic E-state index is 13.4. The Bertz CT molecular complexity index is 1330. The predicted octanol–water partition coefficient (Wildman–Crippen LogP) is 3.33. The fourth-order valence-electron chi connectivity index (χ4n) is 5.15. The number of rotatable bonds is 8. The molecule has 5 rings (SSSR count). The summed E-state index contributed by atoms with van der Waals surface area (Å²) in [5.41, 5.74) is 2.71. The second kappa shape index (κ2) is 11.2. The predicted molar refractivity (Wildman–Crippen MR) is 142 cm³/mol. The van der Waals surface area contributed by atoms with Crippen LogP contribution in [0.15, 0.2) is 66.4 Å². The highest BCUT2D eigenvalue weighted by Gasteiger charge is 2.46. The van der Waals surface area contributed by atoms with E-state index in [1.807, 2.05) is 49.4 Å². The summed E-state index contributed by atoms with van der Waals surface area (Å²) in [6, 6.07) is 16.1. The van der Waals surface area contributed by atoms with E-state index in [1.54, 1.807) is 28.8 Å². The van der Waals surface area contributed by atoms with Crippen molar-refractivity contribution in [3.63, 3.8) is 0 Å². The Morgan fingerprint density at radius 1 is 1.05 bits per heavy atom. The first-order chi connectivity index (χ1) is 18.5. The third-order valence-corrected chi connectivity index (χ3v) is 7.21. The van der Waals surface area contributed by atoms with Crippen molar-refractivity contribution < 1.29 is 24.2 Å². The molecule has 1 amide bonds. The molecule has 1 aromatic heterocycles. The average Bonchev–Trinajstić information content (AvgIpc) is 3.46. The highest BCUT2D eigenvalue weighted by Crippen LogP contribution is 2.40. The summed E-state index contributed by atoms with van der Waals surface area (Å²) in [6.45, 7) is 6.12. The van der Waals surface area contributed by atoms with Crippen LogP contribution >= 0.6 is 0 Å². The number of hydrogen-bond acceptors (Lipinski definition) is 7. The van der Waals surface area contributed by atoms with Crippen LogP contribution in [0.3, 0.4) is 0 Å². The third kappa shape index (κ3) is 4.94. The van der Waals surface area contributed by atoms with Crippen LogP contribution in [0.5, 0.6) is 5.75 Å². The molecule has 2 fully saturated rings. The molecule has 3 heterocycles. The molecule has 3 aromatic rings. The molecule has 38 heavy (non-hydrogen) atoms. The number of para-hydroxylation sites is 1. The smallest absolute Gasteiger partial charge is 0.295 e. The molecule has 9 heteroatoms. The highest BCUT2D eigenvalue weighted by atomic mass is 16.5. The van der Waals surface area contributed by atoms with E-state index in [4.69, 9.17) is 9.47 Å². The number of aliphatic hydroxyl groups is 1. The number of likely N-dealkylation sites (tertiary alicyclic amines) is 1. The molecule has 0 unspecified atom stereocenters. The number of benzene rings is 2. The largest absolute Gasteiger partial charge is 0.507 e. The lowest BCUT2D eigenvalue weighted by Gasteiger charge is -2.29. The molecule has 0 saturated carbocycles. The summed E-state index contributed by atoms with van der Waals surface area (Å²) in [4.78, 5) is 30.6. The van der Waals surface area contributed by atoms with Crippen molar-refractivity contribution in [1.29, 1.82) is 0 Å². The monoisotopic (exact) mass is 516 g/mol. The molecule has 1 atom stereocenters. The van der Waals surface area contributed by atoms with Crippen LogP contribution < -0.4 is 4.74 Å². The Morgan fingerprint density at radius 3 is 2.45 bits per heavy atom. The minimum Gasteiger partial charge on any atom is -0.507 e. The van der Waals surface area contributed by atoms with Crippen molar-refractivity contribution in [2.75, 3.05) is 46.5 Å². The van der Waals surface area contributed by atoms with Crippen LogP contribution in [0.2, 0.25) is 0 Å². The van der Waals surface area contributed by atoms with Gasteiger partial charge < -0.3 is 19.5 Å².